The summed E-state index contributed by atoms with van der Waals surface area (Å²) in [6, 6.07) is 9.33. The summed E-state index contributed by atoms with van der Waals surface area (Å²) in [7, 11) is -3.46. The van der Waals surface area contributed by atoms with E-state index >= 15 is 0 Å². The first-order valence-corrected chi connectivity index (χ1v) is 11.3. The Labute approximate surface area is 163 Å². The van der Waals surface area contributed by atoms with E-state index in [4.69, 9.17) is 0 Å². The molecule has 6 nitrogen and oxygen atoms in total. The van der Waals surface area contributed by atoms with Gasteiger partial charge in [0.2, 0.25) is 15.0 Å². The highest BCUT2D eigenvalue weighted by Crippen LogP contribution is 2.25. The highest BCUT2D eigenvalue weighted by molar-refractivity contribution is 7.91. The van der Waals surface area contributed by atoms with Crippen LogP contribution >= 0.6 is 22.7 Å². The molecule has 0 aliphatic heterocycles. The monoisotopic (exact) mass is 422 g/mol. The van der Waals surface area contributed by atoms with Crippen LogP contribution in [-0.2, 0) is 16.4 Å². The van der Waals surface area contributed by atoms with Gasteiger partial charge in [0.05, 0.1) is 5.69 Å². The van der Waals surface area contributed by atoms with Crippen LogP contribution in [0.2, 0.25) is 0 Å². The normalized spacial score (nSPS) is 12.1. The molecule has 4 rings (SSSR count). The molecule has 3 aromatic heterocycles. The molecule has 0 saturated carbocycles. The molecule has 0 radical (unpaired) electrons. The number of rotatable bonds is 6. The third-order valence-electron chi connectivity index (χ3n) is 4.02. The van der Waals surface area contributed by atoms with E-state index in [1.807, 2.05) is 6.92 Å². The highest BCUT2D eigenvalue weighted by Gasteiger charge is 2.17. The lowest BCUT2D eigenvalue weighted by molar-refractivity contribution is 0.584. The van der Waals surface area contributed by atoms with Crippen LogP contribution in [0.3, 0.4) is 0 Å². The van der Waals surface area contributed by atoms with Crippen LogP contribution in [0.4, 0.5) is 4.39 Å². The van der Waals surface area contributed by atoms with Crippen LogP contribution in [0.5, 0.6) is 0 Å². The zero-order valence-corrected chi connectivity index (χ0v) is 16.7. The minimum absolute atomic E-state index is 0.301. The molecular weight excluding hydrogens is 407 g/mol. The minimum Gasteiger partial charge on any atom is -0.210 e. The topological polar surface area (TPSA) is 76.4 Å². The number of nitrogens with zero attached hydrogens (tertiary/aromatic N) is 3. The van der Waals surface area contributed by atoms with Gasteiger partial charge in [0.1, 0.15) is 10.0 Å². The maximum Gasteiger partial charge on any atom is 0.250 e. The molecular formula is C17H15FN4O2S3. The maximum absolute atomic E-state index is 13.1. The van der Waals surface area contributed by atoms with Gasteiger partial charge in [0, 0.05) is 17.0 Å². The Hall–Kier alpha value is -2.14. The first-order chi connectivity index (χ1) is 12.9. The van der Waals surface area contributed by atoms with Crippen molar-refractivity contribution in [3.63, 3.8) is 0 Å². The second-order valence-electron chi connectivity index (χ2n) is 5.83. The molecule has 3 heterocycles. The number of thiophene rings is 1. The van der Waals surface area contributed by atoms with Crippen molar-refractivity contribution in [3.05, 3.63) is 58.2 Å². The predicted octanol–water partition coefficient (Wildman–Crippen LogP) is 3.49. The van der Waals surface area contributed by atoms with Crippen LogP contribution in [0, 0.1) is 12.7 Å². The number of hydrogen-bond acceptors (Lipinski definition) is 6. The van der Waals surface area contributed by atoms with Gasteiger partial charge in [-0.05, 0) is 49.1 Å². The van der Waals surface area contributed by atoms with Crippen molar-refractivity contribution in [1.82, 2.24) is 19.3 Å². The van der Waals surface area contributed by atoms with Crippen molar-refractivity contribution in [2.75, 3.05) is 6.54 Å². The minimum atomic E-state index is -3.46. The molecule has 0 aliphatic rings. The molecule has 0 aliphatic carbocycles. The molecule has 4 aromatic rings. The van der Waals surface area contributed by atoms with Gasteiger partial charge in [0.15, 0.2) is 5.82 Å². The standard InChI is InChI=1S/C17H15FN4O2S3/c1-11-14(8-9-19-27(23,24)15-3-2-10-25-15)26-17-20-16(21-22(11)17)12-4-6-13(18)7-5-12/h2-7,10,19H,8-9H2,1H3. The number of thiazole rings is 1. The van der Waals surface area contributed by atoms with Gasteiger partial charge in [-0.25, -0.2) is 22.0 Å². The molecule has 1 N–H and O–H groups in total. The average molecular weight is 423 g/mol. The van der Waals surface area contributed by atoms with Crippen LogP contribution in [0.15, 0.2) is 46.0 Å². The molecule has 0 spiro atoms. The lowest BCUT2D eigenvalue weighted by Gasteiger charge is -2.04. The van der Waals surface area contributed by atoms with Gasteiger partial charge in [-0.2, -0.15) is 4.98 Å². The van der Waals surface area contributed by atoms with Gasteiger partial charge >= 0.3 is 0 Å². The molecule has 0 fully saturated rings. The van der Waals surface area contributed by atoms with E-state index in [9.17, 15) is 12.8 Å². The predicted molar refractivity (Wildman–Crippen MR) is 104 cm³/mol. The number of sulfonamides is 1. The Morgan fingerprint density at radius 2 is 2.00 bits per heavy atom. The van der Waals surface area contributed by atoms with Crippen LogP contribution in [-0.4, -0.2) is 29.6 Å². The van der Waals surface area contributed by atoms with Gasteiger partial charge in [-0.1, -0.05) is 17.4 Å². The largest absolute Gasteiger partial charge is 0.250 e. The average Bonchev–Trinajstić information content (AvgIpc) is 3.35. The summed E-state index contributed by atoms with van der Waals surface area (Å²) in [6.07, 6.45) is 0.554. The van der Waals surface area contributed by atoms with E-state index < -0.39 is 10.0 Å². The number of benzene rings is 1. The Bertz CT molecular complexity index is 1180. The van der Waals surface area contributed by atoms with Gasteiger partial charge < -0.3 is 0 Å². The highest BCUT2D eigenvalue weighted by atomic mass is 32.2. The van der Waals surface area contributed by atoms with Crippen molar-refractivity contribution in [2.24, 2.45) is 0 Å². The summed E-state index contributed by atoms with van der Waals surface area (Å²) < 4.78 is 42.1. The van der Waals surface area contributed by atoms with Crippen molar-refractivity contribution >= 4 is 37.7 Å². The summed E-state index contributed by atoms with van der Waals surface area (Å²) in [5, 5.41) is 6.22. The molecule has 10 heteroatoms. The molecule has 27 heavy (non-hydrogen) atoms. The number of nitrogens with one attached hydrogen (secondary N) is 1. The van der Waals surface area contributed by atoms with Crippen LogP contribution in [0.1, 0.15) is 10.6 Å². The number of aryl methyl sites for hydroxylation is 1. The molecule has 0 atom stereocenters. The smallest absolute Gasteiger partial charge is 0.210 e. The lowest BCUT2D eigenvalue weighted by atomic mass is 10.2. The Morgan fingerprint density at radius 1 is 1.22 bits per heavy atom. The summed E-state index contributed by atoms with van der Waals surface area (Å²) in [5.74, 6) is 0.234. The number of fused-ring (bicyclic) bond motifs is 1. The first kappa shape index (κ1) is 18.2. The van der Waals surface area contributed by atoms with E-state index in [0.29, 0.717) is 23.0 Å². The second-order valence-corrected chi connectivity index (χ2v) is 9.83. The van der Waals surface area contributed by atoms with Crippen LogP contribution < -0.4 is 4.72 Å². The Morgan fingerprint density at radius 3 is 2.67 bits per heavy atom. The molecule has 0 amide bonds. The number of halogens is 1. The fourth-order valence-corrected chi connectivity index (χ4v) is 5.75. The maximum atomic E-state index is 13.1. The molecule has 1 aromatic carbocycles. The zero-order valence-electron chi connectivity index (χ0n) is 14.2. The first-order valence-electron chi connectivity index (χ1n) is 8.08. The van der Waals surface area contributed by atoms with E-state index in [1.165, 1.54) is 34.8 Å². The zero-order chi connectivity index (χ0) is 19.0. The van der Waals surface area contributed by atoms with E-state index in [1.54, 1.807) is 34.2 Å². The van der Waals surface area contributed by atoms with E-state index in [-0.39, 0.29) is 5.82 Å². The van der Waals surface area contributed by atoms with Crippen molar-refractivity contribution in [2.45, 2.75) is 17.6 Å². The lowest BCUT2D eigenvalue weighted by Crippen LogP contribution is -2.25. The Kier molecular flexibility index (Phi) is 4.81. The van der Waals surface area contributed by atoms with Gasteiger partial charge in [-0.3, -0.25) is 0 Å². The summed E-state index contributed by atoms with van der Waals surface area (Å²) in [6.45, 7) is 2.23. The second kappa shape index (κ2) is 7.12. The summed E-state index contributed by atoms with van der Waals surface area (Å²) >= 11 is 2.66. The van der Waals surface area contributed by atoms with Gasteiger partial charge in [-0.15, -0.1) is 16.4 Å². The molecule has 0 unspecified atom stereocenters. The van der Waals surface area contributed by atoms with E-state index in [0.717, 1.165) is 21.1 Å². The van der Waals surface area contributed by atoms with Crippen molar-refractivity contribution in [1.29, 1.82) is 0 Å². The fourth-order valence-electron chi connectivity index (χ4n) is 2.62. The summed E-state index contributed by atoms with van der Waals surface area (Å²) in [5.41, 5.74) is 1.67. The number of aromatic nitrogens is 3. The van der Waals surface area contributed by atoms with Crippen LogP contribution in [0.25, 0.3) is 16.3 Å². The third-order valence-corrected chi connectivity index (χ3v) is 8.07. The SMILES string of the molecule is Cc1c(CCNS(=O)(=O)c2cccs2)sc2nc(-c3ccc(F)cc3)nn12. The van der Waals surface area contributed by atoms with Crippen molar-refractivity contribution < 1.29 is 12.8 Å². The summed E-state index contributed by atoms with van der Waals surface area (Å²) in [4.78, 5) is 6.25. The molecule has 0 bridgehead atoms. The Balaban J connectivity index is 1.49. The fraction of sp³-hybridized carbons (Fsp3) is 0.176. The third kappa shape index (κ3) is 3.65. The molecule has 140 valence electrons. The van der Waals surface area contributed by atoms with Crippen molar-refractivity contribution in [3.8, 4) is 11.4 Å². The van der Waals surface area contributed by atoms with Gasteiger partial charge in [0.25, 0.3) is 0 Å². The molecule has 0 saturated heterocycles. The quantitative estimate of drug-likeness (QED) is 0.516. The van der Waals surface area contributed by atoms with E-state index in [2.05, 4.69) is 14.8 Å². The number of hydrogen-bond donors (Lipinski definition) is 1.